The molecule has 0 atom stereocenters. The Kier molecular flexibility index (Phi) is 5.58. The van der Waals surface area contributed by atoms with Crippen molar-refractivity contribution in [3.63, 3.8) is 0 Å². The highest BCUT2D eigenvalue weighted by atomic mass is 15.4. The van der Waals surface area contributed by atoms with Gasteiger partial charge in [-0.05, 0) is 31.5 Å². The summed E-state index contributed by atoms with van der Waals surface area (Å²) in [5.74, 6) is 1.88. The van der Waals surface area contributed by atoms with E-state index >= 15 is 0 Å². The lowest BCUT2D eigenvalue weighted by Crippen LogP contribution is -2.26. The summed E-state index contributed by atoms with van der Waals surface area (Å²) in [5, 5.41) is 10.9. The summed E-state index contributed by atoms with van der Waals surface area (Å²) in [6.45, 7) is 3.89. The van der Waals surface area contributed by atoms with E-state index in [0.29, 0.717) is 17.3 Å². The molecule has 3 aromatic rings. The van der Waals surface area contributed by atoms with Gasteiger partial charge in [0.1, 0.15) is 18.0 Å². The van der Waals surface area contributed by atoms with Crippen molar-refractivity contribution in [2.24, 2.45) is 27.2 Å². The predicted octanol–water partition coefficient (Wildman–Crippen LogP) is 1.28. The van der Waals surface area contributed by atoms with Gasteiger partial charge in [0.15, 0.2) is 11.8 Å². The summed E-state index contributed by atoms with van der Waals surface area (Å²) in [6, 6.07) is 9.31. The number of hydrogen-bond donors (Lipinski definition) is 5. The fourth-order valence-electron chi connectivity index (χ4n) is 2.60. The Balaban J connectivity index is 1.97. The number of aromatic nitrogens is 4. The Morgan fingerprint density at radius 3 is 2.59 bits per heavy atom. The van der Waals surface area contributed by atoms with Crippen molar-refractivity contribution < 1.29 is 0 Å². The van der Waals surface area contributed by atoms with E-state index in [1.54, 1.807) is 17.8 Å². The van der Waals surface area contributed by atoms with Crippen LogP contribution in [0, 0.1) is 13.8 Å². The first-order valence-corrected chi connectivity index (χ1v) is 8.74. The predicted molar refractivity (Wildman–Crippen MR) is 115 cm³/mol. The molecule has 2 aromatic heterocycles. The van der Waals surface area contributed by atoms with Gasteiger partial charge in [0.25, 0.3) is 0 Å². The number of nitrogens with two attached hydrogens (primary N) is 3. The summed E-state index contributed by atoms with van der Waals surface area (Å²) >= 11 is 0. The zero-order valence-electron chi connectivity index (χ0n) is 16.4. The maximum atomic E-state index is 5.73. The number of aryl methyl sites for hydroxylation is 2. The smallest absolute Gasteiger partial charge is 0.223 e. The molecule has 11 heteroatoms. The molecule has 3 rings (SSSR count). The molecule has 0 aliphatic heterocycles. The molecule has 150 valence electrons. The van der Waals surface area contributed by atoms with Gasteiger partial charge in [-0.2, -0.15) is 14.8 Å². The molecule has 0 aliphatic carbocycles. The third-order valence-electron chi connectivity index (χ3n) is 3.93. The number of hydrogen-bond acceptors (Lipinski definition) is 6. The molecule has 0 radical (unpaired) electrons. The van der Waals surface area contributed by atoms with Gasteiger partial charge in [-0.25, -0.2) is 15.0 Å². The molecule has 0 aliphatic rings. The molecule has 0 saturated heterocycles. The molecule has 0 spiro atoms. The van der Waals surface area contributed by atoms with Gasteiger partial charge in [-0.15, -0.1) is 0 Å². The van der Waals surface area contributed by atoms with E-state index in [1.807, 2.05) is 38.1 Å². The fraction of sp³-hybridized carbons (Fsp3) is 0.167. The van der Waals surface area contributed by atoms with Crippen LogP contribution in [-0.4, -0.2) is 38.7 Å². The highest BCUT2D eigenvalue weighted by Crippen LogP contribution is 2.27. The van der Waals surface area contributed by atoms with Crippen LogP contribution in [0.5, 0.6) is 0 Å². The number of benzene rings is 1. The molecule has 11 nitrogen and oxygen atoms in total. The lowest BCUT2D eigenvalue weighted by atomic mass is 10.2. The van der Waals surface area contributed by atoms with Crippen molar-refractivity contribution in [1.82, 2.24) is 19.7 Å². The van der Waals surface area contributed by atoms with Crippen molar-refractivity contribution in [3.8, 4) is 5.82 Å². The summed E-state index contributed by atoms with van der Waals surface area (Å²) in [7, 11) is 1.79. The molecule has 29 heavy (non-hydrogen) atoms. The largest absolute Gasteiger partial charge is 0.373 e. The minimum Gasteiger partial charge on any atom is -0.373 e. The Hall–Kier alpha value is -4.15. The molecule has 8 N–H and O–H groups in total. The molecule has 0 unspecified atom stereocenters. The van der Waals surface area contributed by atoms with E-state index in [0.717, 1.165) is 22.8 Å². The van der Waals surface area contributed by atoms with Crippen LogP contribution in [0.25, 0.3) is 5.82 Å². The van der Waals surface area contributed by atoms with Crippen LogP contribution in [0.4, 0.5) is 23.0 Å². The highest BCUT2D eigenvalue weighted by molar-refractivity contribution is 5.93. The Morgan fingerprint density at radius 1 is 1.07 bits per heavy atom. The number of guanidine groups is 2. The number of rotatable bonds is 5. The average molecular weight is 393 g/mol. The third kappa shape index (κ3) is 4.77. The number of nitrogens with zero attached hydrogens (tertiary/aromatic N) is 6. The summed E-state index contributed by atoms with van der Waals surface area (Å²) in [5.41, 5.74) is 19.7. The normalized spacial score (nSPS) is 11.2. The van der Waals surface area contributed by atoms with Gasteiger partial charge in [-0.3, -0.25) is 0 Å². The minimum absolute atomic E-state index is 0.0266. The van der Waals surface area contributed by atoms with E-state index in [2.05, 4.69) is 35.7 Å². The van der Waals surface area contributed by atoms with Gasteiger partial charge in [0.2, 0.25) is 5.96 Å². The van der Waals surface area contributed by atoms with Gasteiger partial charge in [-0.1, -0.05) is 6.07 Å². The minimum atomic E-state index is -0.151. The van der Waals surface area contributed by atoms with Crippen molar-refractivity contribution in [3.05, 3.63) is 47.9 Å². The molecule has 1 aromatic carbocycles. The number of anilines is 3. The lowest BCUT2D eigenvalue weighted by molar-refractivity contribution is 0.833. The lowest BCUT2D eigenvalue weighted by Gasteiger charge is -2.12. The maximum absolute atomic E-state index is 5.73. The molecule has 0 saturated carbocycles. The summed E-state index contributed by atoms with van der Waals surface area (Å²) < 4.78 is 1.71. The molecule has 0 bridgehead atoms. The van der Waals surface area contributed by atoms with E-state index in [9.17, 15) is 0 Å². The van der Waals surface area contributed by atoms with Crippen molar-refractivity contribution in [2.45, 2.75) is 13.8 Å². The van der Waals surface area contributed by atoms with Crippen LogP contribution in [0.2, 0.25) is 0 Å². The van der Waals surface area contributed by atoms with Crippen LogP contribution < -0.4 is 27.8 Å². The van der Waals surface area contributed by atoms with E-state index < -0.39 is 0 Å². The summed E-state index contributed by atoms with van der Waals surface area (Å²) in [6.07, 6.45) is 1.48. The molecule has 0 amide bonds. The van der Waals surface area contributed by atoms with Crippen LogP contribution in [0.3, 0.4) is 0 Å². The Morgan fingerprint density at radius 2 is 1.86 bits per heavy atom. The van der Waals surface area contributed by atoms with Crippen LogP contribution in [0.1, 0.15) is 11.3 Å². The second kappa shape index (κ2) is 8.25. The molecule has 0 fully saturated rings. The van der Waals surface area contributed by atoms with Crippen LogP contribution >= 0.6 is 0 Å². The first kappa shape index (κ1) is 19.6. The topological polar surface area (TPSA) is 170 Å². The van der Waals surface area contributed by atoms with Gasteiger partial charge >= 0.3 is 0 Å². The first-order chi connectivity index (χ1) is 13.9. The monoisotopic (exact) mass is 393 g/mol. The van der Waals surface area contributed by atoms with Crippen LogP contribution in [0.15, 0.2) is 46.6 Å². The Labute approximate surface area is 167 Å². The molecular formula is C18H23N11. The molecular weight excluding hydrogens is 370 g/mol. The van der Waals surface area contributed by atoms with Crippen molar-refractivity contribution >= 4 is 34.9 Å². The Bertz CT molecular complexity index is 1080. The maximum Gasteiger partial charge on any atom is 0.223 e. The number of aliphatic imine (C=N–C) groups is 2. The standard InChI is InChI=1S/C18H23N11/c1-10-4-5-12(25-18(21)27-17(19)20)7-13(10)26-16-6-11(2)28-29(16)15-8-14(22-3)23-9-24-15/h4-9,26H,1-3H3,(H,22,23,24)(H6,19,20,21,25,27). The van der Waals surface area contributed by atoms with Gasteiger partial charge < -0.3 is 27.8 Å². The van der Waals surface area contributed by atoms with Gasteiger partial charge in [0.05, 0.1) is 11.4 Å². The number of nitrogens with one attached hydrogen (secondary N) is 2. The van der Waals surface area contributed by atoms with E-state index in [-0.39, 0.29) is 11.9 Å². The quantitative estimate of drug-likeness (QED) is 0.319. The van der Waals surface area contributed by atoms with E-state index in [1.165, 1.54) is 6.33 Å². The average Bonchev–Trinajstić information content (AvgIpc) is 3.04. The van der Waals surface area contributed by atoms with Crippen molar-refractivity contribution in [1.29, 1.82) is 0 Å². The van der Waals surface area contributed by atoms with Crippen LogP contribution in [-0.2, 0) is 0 Å². The second-order valence-corrected chi connectivity index (χ2v) is 6.23. The van der Waals surface area contributed by atoms with Crippen molar-refractivity contribution in [2.75, 3.05) is 17.7 Å². The SMILES string of the molecule is CNc1cc(-n2nc(C)cc2Nc2cc(N=C(N)N=C(N)N)ccc2C)ncn1. The van der Waals surface area contributed by atoms with E-state index in [4.69, 9.17) is 17.2 Å². The summed E-state index contributed by atoms with van der Waals surface area (Å²) in [4.78, 5) is 16.4. The first-order valence-electron chi connectivity index (χ1n) is 8.74. The second-order valence-electron chi connectivity index (χ2n) is 6.23. The zero-order chi connectivity index (χ0) is 21.0. The van der Waals surface area contributed by atoms with Gasteiger partial charge in [0, 0.05) is 24.9 Å². The fourth-order valence-corrected chi connectivity index (χ4v) is 2.60. The zero-order valence-corrected chi connectivity index (χ0v) is 16.4. The molecule has 2 heterocycles. The third-order valence-corrected chi connectivity index (χ3v) is 3.93. The highest BCUT2D eigenvalue weighted by Gasteiger charge is 2.11.